The molecule has 0 spiro atoms. The van der Waals surface area contributed by atoms with E-state index in [9.17, 15) is 4.79 Å². The van der Waals surface area contributed by atoms with Gasteiger partial charge >= 0.3 is 5.97 Å². The number of hydrogen-bond acceptors (Lipinski definition) is 10. The molecule has 2 aromatic heterocycles. The standard InChI is InChI=1S/C14H18N6O5/c1-8-15-11(3-12(16-8)14(22)23-2)13-17-19-20(18-13)4-9-6-25-10(5-21)7-24-9/h3,9-10,21H,4-7H2,1-2H3/t9-,10+/m0/s1. The normalized spacial score (nSPS) is 20.4. The Bertz CT molecular complexity index is 743. The average molecular weight is 350 g/mol. The molecule has 1 N–H and O–H groups in total. The number of methoxy groups -OCH3 is 1. The second-order valence-electron chi connectivity index (χ2n) is 5.44. The number of aromatic nitrogens is 6. The van der Waals surface area contributed by atoms with E-state index in [4.69, 9.17) is 14.6 Å². The third-order valence-corrected chi connectivity index (χ3v) is 3.52. The van der Waals surface area contributed by atoms with Crippen molar-refractivity contribution in [2.45, 2.75) is 25.7 Å². The fraction of sp³-hybridized carbons (Fsp3) is 0.571. The number of rotatable bonds is 5. The Kier molecular flexibility index (Phi) is 5.26. The maximum Gasteiger partial charge on any atom is 0.356 e. The van der Waals surface area contributed by atoms with Crippen LogP contribution in [0.5, 0.6) is 0 Å². The summed E-state index contributed by atoms with van der Waals surface area (Å²) in [7, 11) is 1.28. The first-order valence-electron chi connectivity index (χ1n) is 7.65. The van der Waals surface area contributed by atoms with Crippen molar-refractivity contribution in [3.05, 3.63) is 17.6 Å². The summed E-state index contributed by atoms with van der Waals surface area (Å²) in [4.78, 5) is 21.3. The maximum absolute atomic E-state index is 11.6. The van der Waals surface area contributed by atoms with E-state index < -0.39 is 5.97 Å². The number of aryl methyl sites for hydroxylation is 1. The molecule has 1 aliphatic rings. The van der Waals surface area contributed by atoms with Crippen molar-refractivity contribution < 1.29 is 24.1 Å². The number of carbonyl (C=O) groups is 1. The van der Waals surface area contributed by atoms with Gasteiger partial charge in [0.2, 0.25) is 5.82 Å². The molecular weight excluding hydrogens is 332 g/mol. The Morgan fingerprint density at radius 2 is 2.12 bits per heavy atom. The highest BCUT2D eigenvalue weighted by atomic mass is 16.6. The third-order valence-electron chi connectivity index (χ3n) is 3.52. The number of ether oxygens (including phenoxy) is 3. The molecule has 1 saturated heterocycles. The molecule has 2 aromatic rings. The zero-order valence-corrected chi connectivity index (χ0v) is 13.8. The van der Waals surface area contributed by atoms with Crippen LogP contribution in [0.1, 0.15) is 16.3 Å². The maximum atomic E-state index is 11.6. The molecule has 0 radical (unpaired) electrons. The van der Waals surface area contributed by atoms with Crippen LogP contribution in [0, 0.1) is 6.92 Å². The average Bonchev–Trinajstić information content (AvgIpc) is 3.09. The third kappa shape index (κ3) is 4.13. The number of nitrogens with zero attached hydrogens (tertiary/aromatic N) is 6. The van der Waals surface area contributed by atoms with Crippen LogP contribution >= 0.6 is 0 Å². The Morgan fingerprint density at radius 1 is 1.36 bits per heavy atom. The summed E-state index contributed by atoms with van der Waals surface area (Å²) >= 11 is 0. The van der Waals surface area contributed by atoms with Crippen LogP contribution in [-0.2, 0) is 20.8 Å². The predicted octanol–water partition coefficient (Wildman–Crippen LogP) is -0.999. The molecule has 25 heavy (non-hydrogen) atoms. The van der Waals surface area contributed by atoms with E-state index in [0.717, 1.165) is 0 Å². The van der Waals surface area contributed by atoms with Crippen LogP contribution in [-0.4, -0.2) is 80.4 Å². The number of carbonyl (C=O) groups excluding carboxylic acids is 1. The van der Waals surface area contributed by atoms with Gasteiger partial charge in [0.1, 0.15) is 23.7 Å². The Balaban J connectivity index is 1.71. The number of hydrogen-bond donors (Lipinski definition) is 1. The van der Waals surface area contributed by atoms with E-state index in [1.54, 1.807) is 6.92 Å². The molecule has 0 bridgehead atoms. The van der Waals surface area contributed by atoms with E-state index in [-0.39, 0.29) is 30.3 Å². The Labute approximate surface area is 142 Å². The fourth-order valence-electron chi connectivity index (χ4n) is 2.29. The summed E-state index contributed by atoms with van der Waals surface area (Å²) in [5.74, 6) is 0.0965. The van der Waals surface area contributed by atoms with Gasteiger partial charge in [-0.15, -0.1) is 10.2 Å². The summed E-state index contributed by atoms with van der Waals surface area (Å²) in [6.07, 6.45) is -0.529. The van der Waals surface area contributed by atoms with Gasteiger partial charge in [-0.3, -0.25) is 0 Å². The lowest BCUT2D eigenvalue weighted by molar-refractivity contribution is -0.150. The van der Waals surface area contributed by atoms with Crippen LogP contribution in [0.3, 0.4) is 0 Å². The highest BCUT2D eigenvalue weighted by molar-refractivity contribution is 5.88. The molecule has 0 amide bonds. The van der Waals surface area contributed by atoms with Crippen molar-refractivity contribution in [2.24, 2.45) is 0 Å². The van der Waals surface area contributed by atoms with Crippen LogP contribution in [0.15, 0.2) is 6.07 Å². The number of esters is 1. The fourth-order valence-corrected chi connectivity index (χ4v) is 2.29. The van der Waals surface area contributed by atoms with Crippen LogP contribution in [0.4, 0.5) is 0 Å². The Hall–Kier alpha value is -2.50. The first-order chi connectivity index (χ1) is 12.1. The van der Waals surface area contributed by atoms with E-state index >= 15 is 0 Å². The zero-order chi connectivity index (χ0) is 17.8. The van der Waals surface area contributed by atoms with Crippen molar-refractivity contribution >= 4 is 5.97 Å². The molecule has 3 heterocycles. The lowest BCUT2D eigenvalue weighted by Crippen LogP contribution is -2.40. The topological polar surface area (TPSA) is 134 Å². The van der Waals surface area contributed by atoms with Gasteiger partial charge in [-0.1, -0.05) is 0 Å². The molecule has 11 nitrogen and oxygen atoms in total. The smallest absolute Gasteiger partial charge is 0.356 e. The monoisotopic (exact) mass is 350 g/mol. The van der Waals surface area contributed by atoms with Crippen molar-refractivity contribution in [1.29, 1.82) is 0 Å². The van der Waals surface area contributed by atoms with Gasteiger partial charge in [0, 0.05) is 6.07 Å². The van der Waals surface area contributed by atoms with Crippen molar-refractivity contribution in [3.8, 4) is 11.5 Å². The highest BCUT2D eigenvalue weighted by Crippen LogP contribution is 2.14. The first-order valence-corrected chi connectivity index (χ1v) is 7.65. The first kappa shape index (κ1) is 17.3. The summed E-state index contributed by atoms with van der Waals surface area (Å²) in [5, 5.41) is 21.2. The lowest BCUT2D eigenvalue weighted by atomic mass is 10.3. The van der Waals surface area contributed by atoms with E-state index in [1.165, 1.54) is 18.0 Å². The molecule has 3 rings (SSSR count). The van der Waals surface area contributed by atoms with Gasteiger partial charge in [0.15, 0.2) is 5.69 Å². The van der Waals surface area contributed by atoms with Gasteiger partial charge in [-0.25, -0.2) is 14.8 Å². The predicted molar refractivity (Wildman–Crippen MR) is 81.5 cm³/mol. The minimum absolute atomic E-state index is 0.0754. The number of tetrazole rings is 1. The van der Waals surface area contributed by atoms with E-state index in [0.29, 0.717) is 31.3 Å². The molecule has 0 aromatic carbocycles. The van der Waals surface area contributed by atoms with Crippen molar-refractivity contribution in [2.75, 3.05) is 26.9 Å². The van der Waals surface area contributed by atoms with Gasteiger partial charge in [-0.2, -0.15) is 4.80 Å². The molecule has 0 aliphatic carbocycles. The van der Waals surface area contributed by atoms with Gasteiger partial charge in [0.25, 0.3) is 0 Å². The van der Waals surface area contributed by atoms with E-state index in [1.807, 2.05) is 0 Å². The van der Waals surface area contributed by atoms with Crippen molar-refractivity contribution in [1.82, 2.24) is 30.2 Å². The molecular formula is C14H18N6O5. The SMILES string of the molecule is COC(=O)c1cc(-c2nnn(C[C@H]3CO[C@H](CO)CO3)n2)nc(C)n1. The second kappa shape index (κ2) is 7.59. The van der Waals surface area contributed by atoms with E-state index in [2.05, 4.69) is 30.1 Å². The molecule has 11 heteroatoms. The number of aliphatic hydroxyl groups excluding tert-OH is 1. The van der Waals surface area contributed by atoms with Crippen molar-refractivity contribution in [3.63, 3.8) is 0 Å². The van der Waals surface area contributed by atoms with Gasteiger partial charge < -0.3 is 19.3 Å². The number of aliphatic hydroxyl groups is 1. The Morgan fingerprint density at radius 3 is 2.80 bits per heavy atom. The largest absolute Gasteiger partial charge is 0.464 e. The molecule has 1 fully saturated rings. The molecule has 134 valence electrons. The molecule has 0 unspecified atom stereocenters. The van der Waals surface area contributed by atoms with Crippen LogP contribution < -0.4 is 0 Å². The lowest BCUT2D eigenvalue weighted by Gasteiger charge is -2.27. The molecule has 1 aliphatic heterocycles. The van der Waals surface area contributed by atoms with Crippen LogP contribution in [0.25, 0.3) is 11.5 Å². The summed E-state index contributed by atoms with van der Waals surface area (Å²) in [6.45, 7) is 2.58. The molecule has 0 saturated carbocycles. The molecule has 2 atom stereocenters. The minimum Gasteiger partial charge on any atom is -0.464 e. The summed E-state index contributed by atoms with van der Waals surface area (Å²) in [5.41, 5.74) is 0.501. The second-order valence-corrected chi connectivity index (χ2v) is 5.44. The minimum atomic E-state index is -0.565. The van der Waals surface area contributed by atoms with Crippen LogP contribution in [0.2, 0.25) is 0 Å². The zero-order valence-electron chi connectivity index (χ0n) is 13.8. The summed E-state index contributed by atoms with van der Waals surface area (Å²) < 4.78 is 15.7. The van der Waals surface area contributed by atoms with Gasteiger partial charge in [0.05, 0.1) is 33.5 Å². The summed E-state index contributed by atoms with van der Waals surface area (Å²) in [6, 6.07) is 1.45. The quantitative estimate of drug-likeness (QED) is 0.669. The van der Waals surface area contributed by atoms with Gasteiger partial charge in [-0.05, 0) is 12.1 Å². The highest BCUT2D eigenvalue weighted by Gasteiger charge is 2.23.